The fraction of sp³-hybridized carbons (Fsp3) is 0.640. The first-order chi connectivity index (χ1) is 28.8. The number of rotatable bonds is 41. The van der Waals surface area contributed by atoms with E-state index in [1.54, 1.807) is 0 Å². The van der Waals surface area contributed by atoms with Crippen LogP contribution >= 0.6 is 7.82 Å². The summed E-state index contributed by atoms with van der Waals surface area (Å²) in [5, 5.41) is 0. The van der Waals surface area contributed by atoms with E-state index < -0.39 is 26.5 Å². The van der Waals surface area contributed by atoms with Crippen LogP contribution in [0.2, 0.25) is 0 Å². The Balaban J connectivity index is 4.03. The summed E-state index contributed by atoms with van der Waals surface area (Å²) < 4.78 is 32.1. The number of allylic oxidation sites excluding steroid dienone is 16. The summed E-state index contributed by atoms with van der Waals surface area (Å²) in [7, 11) is -3.22. The zero-order chi connectivity index (χ0) is 43.2. The van der Waals surface area contributed by atoms with Gasteiger partial charge in [0.25, 0.3) is 0 Å². The maximum absolute atomic E-state index is 12.5. The minimum atomic E-state index is -4.28. The van der Waals surface area contributed by atoms with Crippen molar-refractivity contribution >= 4 is 19.8 Å². The van der Waals surface area contributed by atoms with Gasteiger partial charge in [-0.15, -0.1) is 0 Å². The van der Waals surface area contributed by atoms with Crippen LogP contribution in [0.4, 0.5) is 0 Å². The second kappa shape index (κ2) is 44.5. The Morgan fingerprint density at radius 2 is 0.814 bits per heavy atom. The highest BCUT2D eigenvalue weighted by Gasteiger charge is 2.24. The summed E-state index contributed by atoms with van der Waals surface area (Å²) in [4.78, 5) is 34.6. The quantitative estimate of drug-likeness (QED) is 0.0281. The first kappa shape index (κ1) is 56.0. The maximum atomic E-state index is 12.5. The summed E-state index contributed by atoms with van der Waals surface area (Å²) >= 11 is 0. The number of carbonyl (C=O) groups excluding carboxylic acids is 2. The molecule has 0 rings (SSSR count). The van der Waals surface area contributed by atoms with Crippen molar-refractivity contribution in [1.82, 2.24) is 0 Å². The average molecular weight is 843 g/mol. The number of hydrogen-bond acceptors (Lipinski definition) is 7. The summed E-state index contributed by atoms with van der Waals surface area (Å²) in [6, 6.07) is 0. The fourth-order valence-electron chi connectivity index (χ4n) is 5.88. The molecule has 2 unspecified atom stereocenters. The lowest BCUT2D eigenvalue weighted by atomic mass is 10.1. The van der Waals surface area contributed by atoms with Crippen LogP contribution in [-0.2, 0) is 32.7 Å². The lowest BCUT2D eigenvalue weighted by Gasteiger charge is -2.19. The van der Waals surface area contributed by atoms with Gasteiger partial charge in [-0.25, -0.2) is 4.57 Å². The molecule has 0 saturated heterocycles. The van der Waals surface area contributed by atoms with Gasteiger partial charge in [0.1, 0.15) is 6.61 Å². The molecular formula is C50H83O8P. The zero-order valence-electron chi connectivity index (χ0n) is 37.4. The Hall–Kier alpha value is -3.03. The van der Waals surface area contributed by atoms with Crippen molar-refractivity contribution in [3.8, 4) is 0 Å². The van der Waals surface area contributed by atoms with Gasteiger partial charge in [-0.3, -0.25) is 18.6 Å². The highest BCUT2D eigenvalue weighted by atomic mass is 31.2. The minimum absolute atomic E-state index is 0.226. The first-order valence-corrected chi connectivity index (χ1v) is 24.4. The van der Waals surface area contributed by atoms with E-state index in [-0.39, 0.29) is 25.4 Å². The largest absolute Gasteiger partial charge is 0.472 e. The molecule has 336 valence electrons. The summed E-state index contributed by atoms with van der Waals surface area (Å²) in [5.41, 5.74) is 0. The SMILES string of the molecule is CC/C=C\C/C=C\C/C=C\C/C=C\CCCCCCCCCCC(=O)OC(COC(=O)CCCCCCCC/C=C\C/C=C\C/C=C\C/C=C\CC)COP(=O)(O)OC. The normalized spacial score (nSPS) is 14.2. The van der Waals surface area contributed by atoms with E-state index in [1.807, 2.05) is 0 Å². The van der Waals surface area contributed by atoms with Gasteiger partial charge < -0.3 is 14.4 Å². The molecule has 1 N–H and O–H groups in total. The molecule has 0 aliphatic rings. The van der Waals surface area contributed by atoms with Gasteiger partial charge in [-0.1, -0.05) is 175 Å². The third-order valence-electron chi connectivity index (χ3n) is 9.32. The van der Waals surface area contributed by atoms with Crippen molar-refractivity contribution in [1.29, 1.82) is 0 Å². The molecule has 0 amide bonds. The van der Waals surface area contributed by atoms with Gasteiger partial charge in [0, 0.05) is 20.0 Å². The fourth-order valence-corrected chi connectivity index (χ4v) is 6.34. The number of unbranched alkanes of at least 4 members (excludes halogenated alkanes) is 14. The van der Waals surface area contributed by atoms with Crippen LogP contribution in [0, 0.1) is 0 Å². The Labute approximate surface area is 360 Å². The molecule has 0 radical (unpaired) electrons. The molecule has 0 heterocycles. The van der Waals surface area contributed by atoms with Crippen molar-refractivity contribution in [3.05, 3.63) is 97.2 Å². The average Bonchev–Trinajstić information content (AvgIpc) is 3.23. The van der Waals surface area contributed by atoms with E-state index in [0.29, 0.717) is 6.42 Å². The van der Waals surface area contributed by atoms with Crippen molar-refractivity contribution in [3.63, 3.8) is 0 Å². The van der Waals surface area contributed by atoms with E-state index in [9.17, 15) is 19.0 Å². The summed E-state index contributed by atoms with van der Waals surface area (Å²) in [6.45, 7) is 3.64. The molecule has 8 nitrogen and oxygen atoms in total. The number of esters is 2. The number of phosphoric ester groups is 1. The lowest BCUT2D eigenvalue weighted by molar-refractivity contribution is -0.161. The van der Waals surface area contributed by atoms with Crippen LogP contribution < -0.4 is 0 Å². The molecule has 0 aromatic heterocycles. The predicted molar refractivity (Wildman–Crippen MR) is 248 cm³/mol. The van der Waals surface area contributed by atoms with Crippen LogP contribution in [0.1, 0.15) is 181 Å². The molecule has 0 aliphatic carbocycles. The number of ether oxygens (including phenoxy) is 2. The molecule has 0 aliphatic heterocycles. The van der Waals surface area contributed by atoms with Gasteiger partial charge in [0.2, 0.25) is 0 Å². The van der Waals surface area contributed by atoms with Crippen molar-refractivity contribution < 1.29 is 37.6 Å². The van der Waals surface area contributed by atoms with E-state index in [1.165, 1.54) is 32.1 Å². The van der Waals surface area contributed by atoms with Gasteiger partial charge in [-0.2, -0.15) is 0 Å². The highest BCUT2D eigenvalue weighted by Crippen LogP contribution is 2.42. The molecule has 0 aromatic rings. The van der Waals surface area contributed by atoms with E-state index in [2.05, 4.69) is 116 Å². The minimum Gasteiger partial charge on any atom is -0.462 e. The second-order valence-electron chi connectivity index (χ2n) is 14.8. The molecule has 0 spiro atoms. The highest BCUT2D eigenvalue weighted by molar-refractivity contribution is 7.47. The monoisotopic (exact) mass is 843 g/mol. The molecule has 59 heavy (non-hydrogen) atoms. The summed E-state index contributed by atoms with van der Waals surface area (Å²) in [5.74, 6) is -0.836. The van der Waals surface area contributed by atoms with Crippen LogP contribution in [0.25, 0.3) is 0 Å². The number of carbonyl (C=O) groups is 2. The Morgan fingerprint density at radius 3 is 1.20 bits per heavy atom. The van der Waals surface area contributed by atoms with Crippen molar-refractivity contribution in [2.45, 2.75) is 187 Å². The third kappa shape index (κ3) is 44.4. The first-order valence-electron chi connectivity index (χ1n) is 22.9. The number of hydrogen-bond donors (Lipinski definition) is 1. The maximum Gasteiger partial charge on any atom is 0.472 e. The molecular weight excluding hydrogens is 760 g/mol. The standard InChI is InChI=1S/C50H83O8P/c1-4-6-8-10-12-14-16-18-20-22-24-25-27-29-31-33-35-37-39-41-43-45-50(52)58-48(47-57-59(53,54)55-3)46-56-49(51)44-42-40-38-36-34-32-30-28-26-23-21-19-17-15-13-11-9-7-5-2/h6-9,12-15,18-21,24-26,28,48H,4-5,10-11,16-17,22-23,27,29-47H2,1-3H3,(H,53,54)/b8-6-,9-7-,14-12-,15-13-,20-18-,21-19-,25-24-,28-26-. The molecule has 0 bridgehead atoms. The van der Waals surface area contributed by atoms with Gasteiger partial charge in [0.05, 0.1) is 6.61 Å². The zero-order valence-corrected chi connectivity index (χ0v) is 38.3. The van der Waals surface area contributed by atoms with Crippen molar-refractivity contribution in [2.24, 2.45) is 0 Å². The van der Waals surface area contributed by atoms with E-state index >= 15 is 0 Å². The van der Waals surface area contributed by atoms with Gasteiger partial charge in [0.15, 0.2) is 6.10 Å². The lowest BCUT2D eigenvalue weighted by Crippen LogP contribution is -2.29. The van der Waals surface area contributed by atoms with E-state index in [0.717, 1.165) is 123 Å². The topological polar surface area (TPSA) is 108 Å². The van der Waals surface area contributed by atoms with Crippen molar-refractivity contribution in [2.75, 3.05) is 20.3 Å². The second-order valence-corrected chi connectivity index (χ2v) is 16.3. The molecule has 0 saturated carbocycles. The van der Waals surface area contributed by atoms with Gasteiger partial charge in [-0.05, 0) is 89.9 Å². The smallest absolute Gasteiger partial charge is 0.462 e. The molecule has 2 atom stereocenters. The summed E-state index contributed by atoms with van der Waals surface area (Å²) in [6.07, 6.45) is 60.3. The number of phosphoric acid groups is 1. The third-order valence-corrected chi connectivity index (χ3v) is 10.3. The molecule has 0 aromatic carbocycles. The van der Waals surface area contributed by atoms with E-state index in [4.69, 9.17) is 14.0 Å². The Morgan fingerprint density at radius 1 is 0.475 bits per heavy atom. The predicted octanol–water partition coefficient (Wildman–Crippen LogP) is 14.8. The Bertz CT molecular complexity index is 1280. The van der Waals surface area contributed by atoms with Crippen LogP contribution in [0.15, 0.2) is 97.2 Å². The van der Waals surface area contributed by atoms with Gasteiger partial charge >= 0.3 is 19.8 Å². The van der Waals surface area contributed by atoms with Crippen LogP contribution in [-0.4, -0.2) is 43.3 Å². The molecule has 0 fully saturated rings. The van der Waals surface area contributed by atoms with Crippen LogP contribution in [0.5, 0.6) is 0 Å². The van der Waals surface area contributed by atoms with Crippen LogP contribution in [0.3, 0.4) is 0 Å². The Kier molecular flexibility index (Phi) is 42.2. The molecule has 9 heteroatoms.